The van der Waals surface area contributed by atoms with Gasteiger partial charge in [-0.15, -0.1) is 0 Å². The molecule has 2 amide bonds. The number of para-hydroxylation sites is 1. The second-order valence-corrected chi connectivity index (χ2v) is 3.93. The third-order valence-corrected chi connectivity index (χ3v) is 2.39. The van der Waals surface area contributed by atoms with Crippen molar-refractivity contribution in [1.82, 2.24) is 10.9 Å². The SMILES string of the molecule is CCOC(=O)NNC(=O)[C@H](C)Oc1ccccc1Cl. The summed E-state index contributed by atoms with van der Waals surface area (Å²) in [6, 6.07) is 6.79. The molecule has 0 radical (unpaired) electrons. The molecule has 0 saturated heterocycles. The first kappa shape index (κ1) is 15.1. The van der Waals surface area contributed by atoms with Gasteiger partial charge < -0.3 is 9.47 Å². The van der Waals surface area contributed by atoms with Crippen LogP contribution in [0.1, 0.15) is 13.8 Å². The van der Waals surface area contributed by atoms with E-state index in [1.165, 1.54) is 6.92 Å². The van der Waals surface area contributed by atoms with Crippen LogP contribution in [-0.2, 0) is 9.53 Å². The summed E-state index contributed by atoms with van der Waals surface area (Å²) in [7, 11) is 0. The Labute approximate surface area is 116 Å². The van der Waals surface area contributed by atoms with Crippen LogP contribution < -0.4 is 15.6 Å². The summed E-state index contributed by atoms with van der Waals surface area (Å²) in [5, 5.41) is 0.403. The molecule has 0 fully saturated rings. The number of ether oxygens (including phenoxy) is 2. The molecule has 0 saturated carbocycles. The normalized spacial score (nSPS) is 11.3. The Morgan fingerprint density at radius 1 is 1.32 bits per heavy atom. The lowest BCUT2D eigenvalue weighted by Crippen LogP contribution is -2.47. The first-order chi connectivity index (χ1) is 9.04. The van der Waals surface area contributed by atoms with E-state index >= 15 is 0 Å². The van der Waals surface area contributed by atoms with Crippen LogP contribution in [0.3, 0.4) is 0 Å². The van der Waals surface area contributed by atoms with Crippen molar-refractivity contribution in [2.24, 2.45) is 0 Å². The molecule has 7 heteroatoms. The maximum Gasteiger partial charge on any atom is 0.426 e. The van der Waals surface area contributed by atoms with Crippen molar-refractivity contribution in [3.05, 3.63) is 29.3 Å². The lowest BCUT2D eigenvalue weighted by Gasteiger charge is -2.15. The van der Waals surface area contributed by atoms with Gasteiger partial charge in [0, 0.05) is 0 Å². The van der Waals surface area contributed by atoms with Gasteiger partial charge in [0.1, 0.15) is 5.75 Å². The van der Waals surface area contributed by atoms with Gasteiger partial charge in [-0.25, -0.2) is 10.2 Å². The van der Waals surface area contributed by atoms with Crippen molar-refractivity contribution in [1.29, 1.82) is 0 Å². The topological polar surface area (TPSA) is 76.7 Å². The van der Waals surface area contributed by atoms with Crippen LogP contribution in [0, 0.1) is 0 Å². The zero-order valence-electron chi connectivity index (χ0n) is 10.6. The highest BCUT2D eigenvalue weighted by Crippen LogP contribution is 2.24. The van der Waals surface area contributed by atoms with Crippen LogP contribution in [0.25, 0.3) is 0 Å². The van der Waals surface area contributed by atoms with E-state index < -0.39 is 18.1 Å². The average molecular weight is 287 g/mol. The van der Waals surface area contributed by atoms with Crippen LogP contribution in [0.5, 0.6) is 5.75 Å². The number of carbonyl (C=O) groups excluding carboxylic acids is 2. The van der Waals surface area contributed by atoms with E-state index in [0.717, 1.165) is 0 Å². The summed E-state index contributed by atoms with van der Waals surface area (Å²) in [5.74, 6) is -0.129. The Balaban J connectivity index is 2.45. The highest BCUT2D eigenvalue weighted by Gasteiger charge is 2.16. The van der Waals surface area contributed by atoms with Crippen molar-refractivity contribution in [2.75, 3.05) is 6.61 Å². The Morgan fingerprint density at radius 3 is 2.63 bits per heavy atom. The number of nitrogens with one attached hydrogen (secondary N) is 2. The second-order valence-electron chi connectivity index (χ2n) is 3.53. The molecule has 2 N–H and O–H groups in total. The highest BCUT2D eigenvalue weighted by molar-refractivity contribution is 6.32. The predicted octanol–water partition coefficient (Wildman–Crippen LogP) is 1.88. The molecule has 0 unspecified atom stereocenters. The van der Waals surface area contributed by atoms with E-state index in [0.29, 0.717) is 10.8 Å². The average Bonchev–Trinajstić information content (AvgIpc) is 2.39. The second kappa shape index (κ2) is 7.48. The predicted molar refractivity (Wildman–Crippen MR) is 69.8 cm³/mol. The fraction of sp³-hybridized carbons (Fsp3) is 0.333. The van der Waals surface area contributed by atoms with E-state index in [1.54, 1.807) is 31.2 Å². The molecular weight excluding hydrogens is 272 g/mol. The molecule has 0 aliphatic carbocycles. The van der Waals surface area contributed by atoms with Gasteiger partial charge in [0.15, 0.2) is 6.10 Å². The molecular formula is C12H15ClN2O4. The number of hydrazine groups is 1. The van der Waals surface area contributed by atoms with Gasteiger partial charge in [-0.1, -0.05) is 23.7 Å². The smallest absolute Gasteiger partial charge is 0.426 e. The van der Waals surface area contributed by atoms with Gasteiger partial charge in [0.05, 0.1) is 11.6 Å². The number of carbonyl (C=O) groups is 2. The van der Waals surface area contributed by atoms with Gasteiger partial charge in [0.2, 0.25) is 0 Å². The Kier molecular flexibility index (Phi) is 5.95. The maximum atomic E-state index is 11.6. The van der Waals surface area contributed by atoms with Gasteiger partial charge in [0.25, 0.3) is 5.91 Å². The van der Waals surface area contributed by atoms with Crippen molar-refractivity contribution >= 4 is 23.6 Å². The summed E-state index contributed by atoms with van der Waals surface area (Å²) in [6.07, 6.45) is -1.55. The largest absolute Gasteiger partial charge is 0.479 e. The summed E-state index contributed by atoms with van der Waals surface area (Å²) in [4.78, 5) is 22.6. The van der Waals surface area contributed by atoms with Crippen molar-refractivity contribution < 1.29 is 19.1 Å². The number of rotatable bonds is 4. The standard InChI is InChI=1S/C12H15ClN2O4/c1-3-18-12(17)15-14-11(16)8(2)19-10-7-5-4-6-9(10)13/h4-8H,3H2,1-2H3,(H,14,16)(H,15,17)/t8-/m0/s1. The fourth-order valence-corrected chi connectivity index (χ4v) is 1.35. The van der Waals surface area contributed by atoms with Gasteiger partial charge in [-0.05, 0) is 26.0 Å². The molecule has 0 spiro atoms. The first-order valence-corrected chi connectivity index (χ1v) is 6.06. The molecule has 0 heterocycles. The van der Waals surface area contributed by atoms with Gasteiger partial charge >= 0.3 is 6.09 Å². The molecule has 6 nitrogen and oxygen atoms in total. The lowest BCUT2D eigenvalue weighted by atomic mass is 10.3. The third-order valence-electron chi connectivity index (χ3n) is 2.07. The monoisotopic (exact) mass is 286 g/mol. The van der Waals surface area contributed by atoms with Crippen LogP contribution in [0.2, 0.25) is 5.02 Å². The number of hydrogen-bond donors (Lipinski definition) is 2. The number of halogens is 1. The molecule has 0 bridgehead atoms. The quantitative estimate of drug-likeness (QED) is 0.829. The van der Waals surface area contributed by atoms with Gasteiger partial charge in [-0.3, -0.25) is 10.2 Å². The number of hydrogen-bond acceptors (Lipinski definition) is 4. The summed E-state index contributed by atoms with van der Waals surface area (Å²) in [6.45, 7) is 3.41. The zero-order valence-corrected chi connectivity index (χ0v) is 11.4. The molecule has 0 aliphatic rings. The van der Waals surface area contributed by atoms with Gasteiger partial charge in [-0.2, -0.15) is 0 Å². The van der Waals surface area contributed by atoms with Crippen molar-refractivity contribution in [2.45, 2.75) is 20.0 Å². The zero-order chi connectivity index (χ0) is 14.3. The van der Waals surface area contributed by atoms with Crippen molar-refractivity contribution in [3.63, 3.8) is 0 Å². The minimum atomic E-state index is -0.818. The molecule has 104 valence electrons. The Hall–Kier alpha value is -1.95. The van der Waals surface area contributed by atoms with E-state index in [2.05, 4.69) is 15.6 Å². The minimum Gasteiger partial charge on any atom is -0.479 e. The maximum absolute atomic E-state index is 11.6. The Morgan fingerprint density at radius 2 is 2.00 bits per heavy atom. The van der Waals surface area contributed by atoms with Crippen LogP contribution in [-0.4, -0.2) is 24.7 Å². The number of amides is 2. The lowest BCUT2D eigenvalue weighted by molar-refractivity contribution is -0.128. The van der Waals surface area contributed by atoms with E-state index in [4.69, 9.17) is 16.3 Å². The fourth-order valence-electron chi connectivity index (χ4n) is 1.17. The number of benzene rings is 1. The molecule has 1 rings (SSSR count). The van der Waals surface area contributed by atoms with Crippen LogP contribution in [0.4, 0.5) is 4.79 Å². The summed E-state index contributed by atoms with van der Waals surface area (Å²) >= 11 is 5.90. The summed E-state index contributed by atoms with van der Waals surface area (Å²) < 4.78 is 9.95. The van der Waals surface area contributed by atoms with Crippen LogP contribution >= 0.6 is 11.6 Å². The summed E-state index contributed by atoms with van der Waals surface area (Å²) in [5.41, 5.74) is 4.27. The Bertz CT molecular complexity index is 453. The minimum absolute atomic E-state index is 0.216. The highest BCUT2D eigenvalue weighted by atomic mass is 35.5. The molecule has 0 aromatic heterocycles. The molecule has 1 atom stereocenters. The molecule has 0 aliphatic heterocycles. The van der Waals surface area contributed by atoms with E-state index in [9.17, 15) is 9.59 Å². The van der Waals surface area contributed by atoms with Crippen LogP contribution in [0.15, 0.2) is 24.3 Å². The van der Waals surface area contributed by atoms with E-state index in [-0.39, 0.29) is 6.61 Å². The molecule has 1 aromatic carbocycles. The molecule has 19 heavy (non-hydrogen) atoms. The third kappa shape index (κ3) is 5.05. The van der Waals surface area contributed by atoms with Crippen molar-refractivity contribution in [3.8, 4) is 5.75 Å². The first-order valence-electron chi connectivity index (χ1n) is 5.68. The molecule has 1 aromatic rings. The van der Waals surface area contributed by atoms with E-state index in [1.807, 2.05) is 0 Å².